The van der Waals surface area contributed by atoms with Gasteiger partial charge in [-0.3, -0.25) is 0 Å². The summed E-state index contributed by atoms with van der Waals surface area (Å²) in [5.74, 6) is 2.72. The molecule has 4 atom stereocenters. The van der Waals surface area contributed by atoms with Gasteiger partial charge in [0.25, 0.3) is 0 Å². The summed E-state index contributed by atoms with van der Waals surface area (Å²) in [6.07, 6.45) is 6.49. The molecule has 2 aliphatic rings. The van der Waals surface area contributed by atoms with Gasteiger partial charge < -0.3 is 5.11 Å². The van der Waals surface area contributed by atoms with Crippen molar-refractivity contribution in [2.45, 2.75) is 45.1 Å². The first-order chi connectivity index (χ1) is 7.74. The summed E-state index contributed by atoms with van der Waals surface area (Å²) in [4.78, 5) is 1.29. The molecule has 2 saturated carbocycles. The molecular formula is C14H20OS. The van der Waals surface area contributed by atoms with Crippen molar-refractivity contribution in [3.63, 3.8) is 0 Å². The molecule has 0 amide bonds. The van der Waals surface area contributed by atoms with Crippen LogP contribution in [0.25, 0.3) is 0 Å². The summed E-state index contributed by atoms with van der Waals surface area (Å²) in [6, 6.07) is 2.10. The minimum Gasteiger partial charge on any atom is -0.388 e. The number of thiophene rings is 1. The van der Waals surface area contributed by atoms with E-state index in [1.165, 1.54) is 36.1 Å². The normalized spacial score (nSPS) is 34.5. The van der Waals surface area contributed by atoms with Crippen molar-refractivity contribution < 1.29 is 5.11 Å². The van der Waals surface area contributed by atoms with Gasteiger partial charge in [0.15, 0.2) is 0 Å². The minimum absolute atomic E-state index is 0.212. The minimum atomic E-state index is -0.212. The van der Waals surface area contributed by atoms with E-state index in [1.54, 1.807) is 11.3 Å². The Morgan fingerprint density at radius 1 is 1.44 bits per heavy atom. The van der Waals surface area contributed by atoms with Crippen LogP contribution in [0.5, 0.6) is 0 Å². The summed E-state index contributed by atoms with van der Waals surface area (Å²) in [6.45, 7) is 2.12. The number of hydrogen-bond acceptors (Lipinski definition) is 2. The number of fused-ring (bicyclic) bond motifs is 2. The number of aryl methyl sites for hydroxylation is 1. The van der Waals surface area contributed by atoms with Crippen molar-refractivity contribution in [1.82, 2.24) is 0 Å². The van der Waals surface area contributed by atoms with E-state index < -0.39 is 0 Å². The molecular weight excluding hydrogens is 216 g/mol. The highest BCUT2D eigenvalue weighted by atomic mass is 32.1. The van der Waals surface area contributed by atoms with Crippen LogP contribution in [0, 0.1) is 24.7 Å². The van der Waals surface area contributed by atoms with Gasteiger partial charge in [-0.1, -0.05) is 6.42 Å². The van der Waals surface area contributed by atoms with Crippen molar-refractivity contribution in [3.05, 3.63) is 21.9 Å². The van der Waals surface area contributed by atoms with Crippen LogP contribution >= 0.6 is 11.3 Å². The molecule has 0 saturated heterocycles. The van der Waals surface area contributed by atoms with E-state index in [-0.39, 0.29) is 6.10 Å². The monoisotopic (exact) mass is 236 g/mol. The molecule has 2 heteroatoms. The predicted molar refractivity (Wildman–Crippen MR) is 67.6 cm³/mol. The first-order valence-electron chi connectivity index (χ1n) is 6.46. The third-order valence-electron chi connectivity index (χ3n) is 4.67. The smallest absolute Gasteiger partial charge is 0.0803 e. The maximum atomic E-state index is 10.3. The number of aliphatic hydroxyl groups is 1. The topological polar surface area (TPSA) is 20.2 Å². The van der Waals surface area contributed by atoms with Gasteiger partial charge in [-0.2, -0.15) is 0 Å². The highest BCUT2D eigenvalue weighted by Gasteiger charge is 2.40. The Kier molecular flexibility index (Phi) is 2.80. The summed E-state index contributed by atoms with van der Waals surface area (Å²) >= 11 is 1.75. The van der Waals surface area contributed by atoms with E-state index in [1.807, 2.05) is 0 Å². The summed E-state index contributed by atoms with van der Waals surface area (Å²) < 4.78 is 0. The molecule has 88 valence electrons. The second kappa shape index (κ2) is 4.15. The van der Waals surface area contributed by atoms with Crippen LogP contribution < -0.4 is 0 Å². The van der Waals surface area contributed by atoms with Crippen LogP contribution in [0.3, 0.4) is 0 Å². The fourth-order valence-electron chi connectivity index (χ4n) is 3.82. The lowest BCUT2D eigenvalue weighted by atomic mass is 9.84. The van der Waals surface area contributed by atoms with Gasteiger partial charge >= 0.3 is 0 Å². The Labute approximate surface area is 102 Å². The molecule has 1 nitrogen and oxygen atoms in total. The van der Waals surface area contributed by atoms with Gasteiger partial charge in [-0.05, 0) is 67.4 Å². The van der Waals surface area contributed by atoms with Gasteiger partial charge in [0.05, 0.1) is 6.10 Å². The Hall–Kier alpha value is -0.340. The lowest BCUT2D eigenvalue weighted by Crippen LogP contribution is -2.14. The maximum Gasteiger partial charge on any atom is 0.0803 e. The summed E-state index contributed by atoms with van der Waals surface area (Å²) in [7, 11) is 0. The maximum absolute atomic E-state index is 10.3. The van der Waals surface area contributed by atoms with Crippen LogP contribution in [0.15, 0.2) is 11.4 Å². The van der Waals surface area contributed by atoms with Crippen LogP contribution in [-0.4, -0.2) is 5.11 Å². The van der Waals surface area contributed by atoms with E-state index in [0.717, 1.165) is 24.2 Å². The Morgan fingerprint density at radius 2 is 2.31 bits per heavy atom. The van der Waals surface area contributed by atoms with Gasteiger partial charge in [0.1, 0.15) is 0 Å². The average Bonchev–Trinajstić information content (AvgIpc) is 2.92. The van der Waals surface area contributed by atoms with Crippen LogP contribution in [0.2, 0.25) is 0 Å². The molecule has 0 aromatic carbocycles. The standard InChI is InChI=1S/C14H20OS/c1-9-13(4-5-16-9)14(15)8-12-7-10-2-3-11(12)6-10/h4-5,10-12,14-15H,2-3,6-8H2,1H3. The Morgan fingerprint density at radius 3 is 2.88 bits per heavy atom. The van der Waals surface area contributed by atoms with Gasteiger partial charge in [-0.25, -0.2) is 0 Å². The van der Waals surface area contributed by atoms with Gasteiger partial charge in [0, 0.05) is 4.88 Å². The van der Waals surface area contributed by atoms with E-state index in [0.29, 0.717) is 0 Å². The van der Waals surface area contributed by atoms with E-state index in [9.17, 15) is 5.11 Å². The van der Waals surface area contributed by atoms with Crippen molar-refractivity contribution in [2.75, 3.05) is 0 Å². The zero-order chi connectivity index (χ0) is 11.1. The highest BCUT2D eigenvalue weighted by Crippen LogP contribution is 2.51. The van der Waals surface area contributed by atoms with Crippen molar-refractivity contribution >= 4 is 11.3 Å². The van der Waals surface area contributed by atoms with Crippen LogP contribution in [-0.2, 0) is 0 Å². The first-order valence-corrected chi connectivity index (χ1v) is 7.34. The number of aliphatic hydroxyl groups excluding tert-OH is 1. The summed E-state index contributed by atoms with van der Waals surface area (Å²) in [5, 5.41) is 12.4. The fraction of sp³-hybridized carbons (Fsp3) is 0.714. The molecule has 0 spiro atoms. The molecule has 2 aliphatic carbocycles. The largest absolute Gasteiger partial charge is 0.388 e. The number of rotatable bonds is 3. The Bertz CT molecular complexity index is 371. The highest BCUT2D eigenvalue weighted by molar-refractivity contribution is 7.10. The molecule has 0 radical (unpaired) electrons. The second-order valence-corrected chi connectivity index (χ2v) is 6.74. The zero-order valence-electron chi connectivity index (χ0n) is 9.86. The second-order valence-electron chi connectivity index (χ2n) is 5.62. The van der Waals surface area contributed by atoms with Crippen molar-refractivity contribution in [3.8, 4) is 0 Å². The van der Waals surface area contributed by atoms with Crippen molar-refractivity contribution in [2.24, 2.45) is 17.8 Å². The lowest BCUT2D eigenvalue weighted by Gasteiger charge is -2.24. The average molecular weight is 236 g/mol. The van der Waals surface area contributed by atoms with Crippen molar-refractivity contribution in [1.29, 1.82) is 0 Å². The molecule has 2 bridgehead atoms. The molecule has 0 aliphatic heterocycles. The third-order valence-corrected chi connectivity index (χ3v) is 5.53. The van der Waals surface area contributed by atoms with E-state index in [2.05, 4.69) is 18.4 Å². The molecule has 4 unspecified atom stereocenters. The van der Waals surface area contributed by atoms with E-state index >= 15 is 0 Å². The molecule has 2 fully saturated rings. The molecule has 1 aromatic heterocycles. The Balaban J connectivity index is 1.65. The van der Waals surface area contributed by atoms with E-state index in [4.69, 9.17) is 0 Å². The molecule has 1 N–H and O–H groups in total. The molecule has 1 aromatic rings. The van der Waals surface area contributed by atoms with Crippen LogP contribution in [0.4, 0.5) is 0 Å². The van der Waals surface area contributed by atoms with Gasteiger partial charge in [-0.15, -0.1) is 11.3 Å². The lowest BCUT2D eigenvalue weighted by molar-refractivity contribution is 0.125. The molecule has 1 heterocycles. The first kappa shape index (κ1) is 10.8. The molecule has 16 heavy (non-hydrogen) atoms. The third kappa shape index (κ3) is 1.82. The zero-order valence-corrected chi connectivity index (χ0v) is 10.7. The SMILES string of the molecule is Cc1sccc1C(O)CC1CC2CCC1C2. The van der Waals surface area contributed by atoms with Gasteiger partial charge in [0.2, 0.25) is 0 Å². The van der Waals surface area contributed by atoms with Crippen LogP contribution in [0.1, 0.15) is 48.6 Å². The summed E-state index contributed by atoms with van der Waals surface area (Å²) in [5.41, 5.74) is 1.17. The fourth-order valence-corrected chi connectivity index (χ4v) is 4.58. The number of hydrogen-bond donors (Lipinski definition) is 1. The quantitative estimate of drug-likeness (QED) is 0.843. The predicted octanol–water partition coefficient (Wildman–Crippen LogP) is 3.92. The molecule has 3 rings (SSSR count).